The number of rotatable bonds is 8. The molecule has 2 aromatic carbocycles. The van der Waals surface area contributed by atoms with E-state index in [2.05, 4.69) is 15.6 Å². The second-order valence-electron chi connectivity index (χ2n) is 8.77. The molecule has 6 nitrogen and oxygen atoms in total. The number of hydrogen-bond acceptors (Lipinski definition) is 5. The van der Waals surface area contributed by atoms with E-state index in [4.69, 9.17) is 4.74 Å². The van der Waals surface area contributed by atoms with Crippen molar-refractivity contribution in [2.45, 2.75) is 32.6 Å². The van der Waals surface area contributed by atoms with Crippen LogP contribution in [0, 0.1) is 19.8 Å². The average molecular weight is 480 g/mol. The molecule has 0 aliphatic heterocycles. The number of halogens is 2. The van der Waals surface area contributed by atoms with E-state index < -0.39 is 24.2 Å². The summed E-state index contributed by atoms with van der Waals surface area (Å²) in [5.41, 5.74) is 5.50. The highest BCUT2D eigenvalue weighted by Gasteiger charge is 2.61. The number of aryl methyl sites for hydroxylation is 2. The third kappa shape index (κ3) is 5.48. The number of nitrogens with zero attached hydrogens (tertiary/aromatic N) is 1. The van der Waals surface area contributed by atoms with Gasteiger partial charge in [-0.3, -0.25) is 4.79 Å². The van der Waals surface area contributed by atoms with Crippen molar-refractivity contribution >= 4 is 23.4 Å². The predicted octanol–water partition coefficient (Wildman–Crippen LogP) is 5.40. The van der Waals surface area contributed by atoms with E-state index in [0.717, 1.165) is 27.8 Å². The van der Waals surface area contributed by atoms with Crippen molar-refractivity contribution in [2.75, 3.05) is 24.3 Å². The van der Waals surface area contributed by atoms with Gasteiger partial charge in [-0.15, -0.1) is 0 Å². The molecule has 0 radical (unpaired) electrons. The van der Waals surface area contributed by atoms with Crippen molar-refractivity contribution in [3.8, 4) is 11.1 Å². The first-order valence-corrected chi connectivity index (χ1v) is 11.4. The van der Waals surface area contributed by atoms with Gasteiger partial charge in [0.2, 0.25) is 5.91 Å². The second kappa shape index (κ2) is 9.82. The van der Waals surface area contributed by atoms with Gasteiger partial charge in [0, 0.05) is 19.2 Å². The SMILES string of the molecule is COC(=O)c1ccc(C)cc1-c1ccc(CCNc2nccc(C)c2NC(=O)C2CC2(F)F)cc1. The highest BCUT2D eigenvalue weighted by molar-refractivity contribution is 5.98. The van der Waals surface area contributed by atoms with Gasteiger partial charge in [-0.25, -0.2) is 18.6 Å². The highest BCUT2D eigenvalue weighted by Crippen LogP contribution is 2.49. The van der Waals surface area contributed by atoms with Gasteiger partial charge in [-0.1, -0.05) is 42.0 Å². The number of anilines is 2. The molecule has 1 atom stereocenters. The van der Waals surface area contributed by atoms with Gasteiger partial charge < -0.3 is 15.4 Å². The number of benzene rings is 2. The van der Waals surface area contributed by atoms with Gasteiger partial charge in [0.05, 0.1) is 18.4 Å². The summed E-state index contributed by atoms with van der Waals surface area (Å²) in [6.45, 7) is 4.28. The summed E-state index contributed by atoms with van der Waals surface area (Å²) in [4.78, 5) is 28.6. The molecule has 0 bridgehead atoms. The number of hydrogen-bond donors (Lipinski definition) is 2. The van der Waals surface area contributed by atoms with Gasteiger partial charge >= 0.3 is 5.97 Å². The van der Waals surface area contributed by atoms with Crippen molar-refractivity contribution in [3.63, 3.8) is 0 Å². The van der Waals surface area contributed by atoms with Crippen LogP contribution in [-0.4, -0.2) is 36.4 Å². The maximum absolute atomic E-state index is 13.3. The standard InChI is InChI=1S/C27H27F2N3O3/c1-16-4-9-20(26(34)35-3)21(14-16)19-7-5-18(6-8-19)11-13-31-24-23(17(2)10-12-30-24)32-25(33)22-15-27(22,28)29/h4-10,12,14,22H,11,13,15H2,1-3H3,(H,30,31)(H,32,33). The van der Waals surface area contributed by atoms with Gasteiger partial charge in [0.1, 0.15) is 11.7 Å². The Hall–Kier alpha value is -3.81. The molecule has 1 aliphatic carbocycles. The quantitative estimate of drug-likeness (QED) is 0.423. The molecule has 35 heavy (non-hydrogen) atoms. The maximum atomic E-state index is 13.3. The Labute approximate surface area is 202 Å². The zero-order valence-corrected chi connectivity index (χ0v) is 19.8. The zero-order valence-electron chi connectivity index (χ0n) is 19.8. The topological polar surface area (TPSA) is 80.3 Å². The minimum Gasteiger partial charge on any atom is -0.465 e. The second-order valence-corrected chi connectivity index (χ2v) is 8.77. The van der Waals surface area contributed by atoms with Gasteiger partial charge in [0.25, 0.3) is 5.92 Å². The summed E-state index contributed by atoms with van der Waals surface area (Å²) < 4.78 is 31.4. The Bertz CT molecular complexity index is 1260. The summed E-state index contributed by atoms with van der Waals surface area (Å²) in [6.07, 6.45) is 1.86. The number of ether oxygens (including phenoxy) is 1. The molecule has 0 saturated heterocycles. The smallest absolute Gasteiger partial charge is 0.338 e. The van der Waals surface area contributed by atoms with Crippen LogP contribution in [0.3, 0.4) is 0 Å². The number of methoxy groups -OCH3 is 1. The zero-order chi connectivity index (χ0) is 25.2. The first-order valence-electron chi connectivity index (χ1n) is 11.4. The largest absolute Gasteiger partial charge is 0.465 e. The summed E-state index contributed by atoms with van der Waals surface area (Å²) in [5, 5.41) is 5.81. The molecule has 2 N–H and O–H groups in total. The molecule has 1 unspecified atom stereocenters. The van der Waals surface area contributed by atoms with Crippen molar-refractivity contribution in [3.05, 3.63) is 77.0 Å². The van der Waals surface area contributed by atoms with Gasteiger partial charge in [0.15, 0.2) is 0 Å². The molecular weight excluding hydrogens is 452 g/mol. The molecule has 1 fully saturated rings. The van der Waals surface area contributed by atoms with E-state index in [1.807, 2.05) is 43.3 Å². The lowest BCUT2D eigenvalue weighted by Gasteiger charge is -2.15. The summed E-state index contributed by atoms with van der Waals surface area (Å²) in [5.74, 6) is -4.82. The fraction of sp³-hybridized carbons (Fsp3) is 0.296. The van der Waals surface area contributed by atoms with Crippen LogP contribution in [0.5, 0.6) is 0 Å². The highest BCUT2D eigenvalue weighted by atomic mass is 19.3. The number of carbonyl (C=O) groups is 2. The van der Waals surface area contributed by atoms with Crippen LogP contribution < -0.4 is 10.6 Å². The Morgan fingerprint density at radius 1 is 1.11 bits per heavy atom. The number of aromatic nitrogens is 1. The van der Waals surface area contributed by atoms with E-state index in [1.165, 1.54) is 7.11 Å². The molecule has 182 valence electrons. The Kier molecular flexibility index (Phi) is 6.82. The van der Waals surface area contributed by atoms with Crippen LogP contribution in [0.25, 0.3) is 11.1 Å². The molecule has 1 heterocycles. The first-order chi connectivity index (χ1) is 16.7. The van der Waals surface area contributed by atoms with Crippen LogP contribution in [-0.2, 0) is 16.0 Å². The Morgan fingerprint density at radius 3 is 2.49 bits per heavy atom. The summed E-state index contributed by atoms with van der Waals surface area (Å²) in [6, 6.07) is 15.2. The first kappa shape index (κ1) is 24.3. The molecule has 0 spiro atoms. The van der Waals surface area contributed by atoms with E-state index in [1.54, 1.807) is 25.3 Å². The van der Waals surface area contributed by atoms with Gasteiger partial charge in [-0.05, 0) is 54.7 Å². The van der Waals surface area contributed by atoms with E-state index in [-0.39, 0.29) is 5.97 Å². The molecule has 3 aromatic rings. The fourth-order valence-corrected chi connectivity index (χ4v) is 3.92. The van der Waals surface area contributed by atoms with Crippen LogP contribution in [0.1, 0.15) is 33.5 Å². The lowest BCUT2D eigenvalue weighted by molar-refractivity contribution is -0.119. The van der Waals surface area contributed by atoms with E-state index in [9.17, 15) is 18.4 Å². The molecule has 4 rings (SSSR count). The number of carbonyl (C=O) groups excluding carboxylic acids is 2. The molecule has 1 amide bonds. The summed E-state index contributed by atoms with van der Waals surface area (Å²) >= 11 is 0. The maximum Gasteiger partial charge on any atom is 0.338 e. The number of pyridine rings is 1. The number of esters is 1. The Balaban J connectivity index is 1.42. The molecule has 1 aromatic heterocycles. The molecule has 8 heteroatoms. The minimum atomic E-state index is -2.92. The van der Waals surface area contributed by atoms with Crippen LogP contribution in [0.2, 0.25) is 0 Å². The van der Waals surface area contributed by atoms with Crippen LogP contribution in [0.15, 0.2) is 54.7 Å². The van der Waals surface area contributed by atoms with Crippen molar-refractivity contribution in [1.29, 1.82) is 0 Å². The minimum absolute atomic E-state index is 0.382. The lowest BCUT2D eigenvalue weighted by Crippen LogP contribution is -2.20. The van der Waals surface area contributed by atoms with Crippen molar-refractivity contribution < 1.29 is 23.1 Å². The number of amides is 1. The normalized spacial score (nSPS) is 15.9. The third-order valence-electron chi connectivity index (χ3n) is 6.10. The lowest BCUT2D eigenvalue weighted by atomic mass is 9.96. The molecular formula is C27H27F2N3O3. The third-order valence-corrected chi connectivity index (χ3v) is 6.10. The fourth-order valence-electron chi connectivity index (χ4n) is 3.92. The monoisotopic (exact) mass is 479 g/mol. The molecule has 1 saturated carbocycles. The predicted molar refractivity (Wildman–Crippen MR) is 131 cm³/mol. The summed E-state index contributed by atoms with van der Waals surface area (Å²) in [7, 11) is 1.36. The number of nitrogens with one attached hydrogen (secondary N) is 2. The van der Waals surface area contributed by atoms with E-state index >= 15 is 0 Å². The Morgan fingerprint density at radius 2 is 1.83 bits per heavy atom. The van der Waals surface area contributed by atoms with Crippen LogP contribution in [0.4, 0.5) is 20.3 Å². The van der Waals surface area contributed by atoms with Gasteiger partial charge in [-0.2, -0.15) is 0 Å². The van der Waals surface area contributed by atoms with E-state index in [0.29, 0.717) is 30.0 Å². The van der Waals surface area contributed by atoms with Crippen LogP contribution >= 0.6 is 0 Å². The van der Waals surface area contributed by atoms with Crippen molar-refractivity contribution in [2.24, 2.45) is 5.92 Å². The average Bonchev–Trinajstić information content (AvgIpc) is 3.49. The number of alkyl halides is 2. The van der Waals surface area contributed by atoms with Crippen molar-refractivity contribution in [1.82, 2.24) is 4.98 Å². The molecule has 1 aliphatic rings.